The fraction of sp³-hybridized carbons (Fsp3) is 0.667. The number of ether oxygens (including phenoxy) is 1. The molecule has 0 saturated heterocycles. The minimum atomic E-state index is -3.56. The quantitative estimate of drug-likeness (QED) is 0.282. The van der Waals surface area contributed by atoms with Gasteiger partial charge in [0.05, 0.1) is 5.75 Å². The molecule has 0 bridgehead atoms. The summed E-state index contributed by atoms with van der Waals surface area (Å²) >= 11 is 0. The van der Waals surface area contributed by atoms with Crippen molar-refractivity contribution in [1.82, 2.24) is 0 Å². The van der Waals surface area contributed by atoms with Gasteiger partial charge in [-0.05, 0) is 37.5 Å². The minimum Gasteiger partial charge on any atom is -0.491 e. The van der Waals surface area contributed by atoms with E-state index >= 15 is 0 Å². The van der Waals surface area contributed by atoms with Gasteiger partial charge in [0.25, 0.3) is 10.1 Å². The summed E-state index contributed by atoms with van der Waals surface area (Å²) in [6.07, 6.45) is 8.90. The average molecular weight is 359 g/mol. The van der Waals surface area contributed by atoms with E-state index in [9.17, 15) is 8.42 Å². The van der Waals surface area contributed by atoms with Crippen molar-refractivity contribution in [3.8, 4) is 5.75 Å². The second-order valence-electron chi connectivity index (χ2n) is 5.75. The van der Waals surface area contributed by atoms with Crippen LogP contribution in [-0.2, 0) is 25.8 Å². The van der Waals surface area contributed by atoms with E-state index in [1.54, 1.807) is 0 Å². The zero-order valence-electron chi connectivity index (χ0n) is 14.8. The van der Waals surface area contributed by atoms with Crippen LogP contribution in [0.25, 0.3) is 0 Å². The summed E-state index contributed by atoms with van der Waals surface area (Å²) in [5.41, 5.74) is 1.31. The SMILES string of the molecule is CCCCCCCCc1ccc(OCCOOS(=O)(=O)CC)cc1. The Labute approximate surface area is 146 Å². The van der Waals surface area contributed by atoms with Crippen LogP contribution in [0.4, 0.5) is 0 Å². The molecule has 0 unspecified atom stereocenters. The van der Waals surface area contributed by atoms with Gasteiger partial charge < -0.3 is 4.74 Å². The largest absolute Gasteiger partial charge is 0.491 e. The van der Waals surface area contributed by atoms with Gasteiger partial charge >= 0.3 is 0 Å². The standard InChI is InChI=1S/C18H30O5S/c1-3-5-6-7-8-9-10-17-11-13-18(14-12-17)21-15-16-22-23-24(19,20)4-2/h11-14H,3-10,15-16H2,1-2H3. The van der Waals surface area contributed by atoms with E-state index in [2.05, 4.69) is 28.3 Å². The van der Waals surface area contributed by atoms with Crippen LogP contribution in [0.15, 0.2) is 24.3 Å². The summed E-state index contributed by atoms with van der Waals surface area (Å²) in [5, 5.41) is 0. The number of hydrogen-bond donors (Lipinski definition) is 0. The van der Waals surface area contributed by atoms with Crippen molar-refractivity contribution < 1.29 is 22.4 Å². The Balaban J connectivity index is 2.13. The van der Waals surface area contributed by atoms with Gasteiger partial charge in [-0.25, -0.2) is 4.89 Å². The molecule has 0 aliphatic heterocycles. The Morgan fingerprint density at radius 2 is 1.54 bits per heavy atom. The van der Waals surface area contributed by atoms with Gasteiger partial charge in [0.15, 0.2) is 0 Å². The molecule has 0 N–H and O–H groups in total. The summed E-state index contributed by atoms with van der Waals surface area (Å²) in [6, 6.07) is 7.99. The third kappa shape index (κ3) is 9.90. The van der Waals surface area contributed by atoms with Gasteiger partial charge in [-0.2, -0.15) is 8.42 Å². The van der Waals surface area contributed by atoms with E-state index in [-0.39, 0.29) is 19.0 Å². The smallest absolute Gasteiger partial charge is 0.293 e. The fourth-order valence-corrected chi connectivity index (χ4v) is 2.52. The van der Waals surface area contributed by atoms with E-state index in [1.807, 2.05) is 12.1 Å². The van der Waals surface area contributed by atoms with E-state index in [0.717, 1.165) is 12.2 Å². The molecule has 0 radical (unpaired) electrons. The van der Waals surface area contributed by atoms with Crippen molar-refractivity contribution >= 4 is 10.1 Å². The van der Waals surface area contributed by atoms with Gasteiger partial charge in [-0.1, -0.05) is 51.2 Å². The van der Waals surface area contributed by atoms with Crippen LogP contribution < -0.4 is 4.74 Å². The summed E-state index contributed by atoms with van der Waals surface area (Å²) < 4.78 is 31.9. The molecular formula is C18H30O5S. The van der Waals surface area contributed by atoms with Crippen molar-refractivity contribution in [3.05, 3.63) is 29.8 Å². The molecule has 0 saturated carbocycles. The predicted molar refractivity (Wildman–Crippen MR) is 95.5 cm³/mol. The highest BCUT2D eigenvalue weighted by Crippen LogP contribution is 2.15. The molecule has 0 atom stereocenters. The van der Waals surface area contributed by atoms with Crippen molar-refractivity contribution in [3.63, 3.8) is 0 Å². The molecule has 0 amide bonds. The maximum absolute atomic E-state index is 11.0. The van der Waals surface area contributed by atoms with E-state index < -0.39 is 10.1 Å². The number of aryl methyl sites for hydroxylation is 1. The second-order valence-corrected chi connectivity index (χ2v) is 7.58. The van der Waals surface area contributed by atoms with Crippen molar-refractivity contribution in [1.29, 1.82) is 0 Å². The van der Waals surface area contributed by atoms with Crippen LogP contribution in [0, 0.1) is 0 Å². The predicted octanol–water partition coefficient (Wildman–Crippen LogP) is 4.27. The number of rotatable bonds is 14. The van der Waals surface area contributed by atoms with Crippen molar-refractivity contribution in [2.24, 2.45) is 0 Å². The highest BCUT2D eigenvalue weighted by atomic mass is 32.2. The third-order valence-corrected chi connectivity index (χ3v) is 4.69. The lowest BCUT2D eigenvalue weighted by Crippen LogP contribution is -2.13. The van der Waals surface area contributed by atoms with Crippen LogP contribution in [0.1, 0.15) is 57.9 Å². The summed E-state index contributed by atoms with van der Waals surface area (Å²) in [7, 11) is -3.56. The monoisotopic (exact) mass is 358 g/mol. The van der Waals surface area contributed by atoms with Gasteiger partial charge in [-0.3, -0.25) is 0 Å². The first-order valence-corrected chi connectivity index (χ1v) is 10.4. The third-order valence-electron chi connectivity index (χ3n) is 3.68. The molecule has 6 heteroatoms. The molecule has 1 aromatic carbocycles. The molecule has 0 heterocycles. The molecule has 0 aromatic heterocycles. The molecule has 138 valence electrons. The highest BCUT2D eigenvalue weighted by Gasteiger charge is 2.07. The van der Waals surface area contributed by atoms with Crippen LogP contribution in [-0.4, -0.2) is 27.4 Å². The molecule has 1 aromatic rings. The lowest BCUT2D eigenvalue weighted by Gasteiger charge is -2.07. The molecular weight excluding hydrogens is 328 g/mol. The summed E-state index contributed by atoms with van der Waals surface area (Å²) in [5.74, 6) is 0.622. The Morgan fingerprint density at radius 1 is 0.875 bits per heavy atom. The topological polar surface area (TPSA) is 61.8 Å². The Morgan fingerprint density at radius 3 is 2.21 bits per heavy atom. The lowest BCUT2D eigenvalue weighted by atomic mass is 10.0. The van der Waals surface area contributed by atoms with E-state index in [4.69, 9.17) is 4.74 Å². The molecule has 5 nitrogen and oxygen atoms in total. The van der Waals surface area contributed by atoms with E-state index in [0.29, 0.717) is 0 Å². The minimum absolute atomic E-state index is 0.0543. The summed E-state index contributed by atoms with van der Waals surface area (Å²) in [4.78, 5) is 4.62. The number of unbranched alkanes of at least 4 members (excludes halogenated alkanes) is 5. The van der Waals surface area contributed by atoms with Crippen LogP contribution in [0.3, 0.4) is 0 Å². The van der Waals surface area contributed by atoms with E-state index in [1.165, 1.54) is 51.0 Å². The molecule has 1 rings (SSSR count). The van der Waals surface area contributed by atoms with Gasteiger partial charge in [-0.15, -0.1) is 4.33 Å². The average Bonchev–Trinajstić information content (AvgIpc) is 2.59. The van der Waals surface area contributed by atoms with Crippen LogP contribution in [0.5, 0.6) is 5.75 Å². The maximum atomic E-state index is 11.0. The van der Waals surface area contributed by atoms with Gasteiger partial charge in [0.2, 0.25) is 0 Å². The molecule has 0 aliphatic carbocycles. The lowest BCUT2D eigenvalue weighted by molar-refractivity contribution is -0.205. The van der Waals surface area contributed by atoms with Gasteiger partial charge in [0, 0.05) is 0 Å². The number of benzene rings is 1. The Bertz CT molecular complexity index is 525. The molecule has 24 heavy (non-hydrogen) atoms. The van der Waals surface area contributed by atoms with Crippen LogP contribution in [0.2, 0.25) is 0 Å². The molecule has 0 aliphatic rings. The Kier molecular flexibility index (Phi) is 10.7. The van der Waals surface area contributed by atoms with Crippen LogP contribution >= 0.6 is 0 Å². The first kappa shape index (κ1) is 20.9. The van der Waals surface area contributed by atoms with Gasteiger partial charge in [0.1, 0.15) is 19.0 Å². The van der Waals surface area contributed by atoms with Crippen molar-refractivity contribution in [2.45, 2.75) is 58.8 Å². The fourth-order valence-electron chi connectivity index (χ4n) is 2.21. The first-order valence-electron chi connectivity index (χ1n) is 8.83. The normalized spacial score (nSPS) is 11.6. The maximum Gasteiger partial charge on any atom is 0.293 e. The molecule has 0 fully saturated rings. The first-order chi connectivity index (χ1) is 11.6. The van der Waals surface area contributed by atoms with Crippen molar-refractivity contribution in [2.75, 3.05) is 19.0 Å². The zero-order valence-corrected chi connectivity index (χ0v) is 15.6. The Hall–Kier alpha value is -1.11. The number of hydrogen-bond acceptors (Lipinski definition) is 5. The summed E-state index contributed by atoms with van der Waals surface area (Å²) in [6.45, 7) is 4.01. The molecule has 0 spiro atoms. The second kappa shape index (κ2) is 12.3. The highest BCUT2D eigenvalue weighted by molar-refractivity contribution is 7.86. The zero-order chi connectivity index (χ0) is 17.7.